The number of unbranched alkanes of at least 4 members (excludes halogenated alkanes) is 6. The van der Waals surface area contributed by atoms with E-state index in [0.717, 1.165) is 12.2 Å². The second-order valence-electron chi connectivity index (χ2n) is 11.5. The molecule has 2 aromatic rings. The second-order valence-corrected chi connectivity index (χ2v) is 11.5. The third kappa shape index (κ3) is 24.3. The van der Waals surface area contributed by atoms with E-state index in [1.165, 1.54) is 50.5 Å². The van der Waals surface area contributed by atoms with E-state index in [0.29, 0.717) is 98.1 Å². The summed E-state index contributed by atoms with van der Waals surface area (Å²) in [5, 5.41) is 0. The molecule has 0 fully saturated rings. The predicted molar refractivity (Wildman–Crippen MR) is 191 cm³/mol. The second kappa shape index (κ2) is 32.0. The number of carbonyl (C=O) groups is 2. The quantitative estimate of drug-likeness (QED) is 0.0370. The summed E-state index contributed by atoms with van der Waals surface area (Å²) in [6.07, 6.45) is 10.5. The Kier molecular flexibility index (Phi) is 27.7. The van der Waals surface area contributed by atoms with E-state index in [1.54, 1.807) is 30.3 Å². The highest BCUT2D eigenvalue weighted by molar-refractivity contribution is 6.40. The summed E-state index contributed by atoms with van der Waals surface area (Å²) in [4.78, 5) is 23.6. The van der Waals surface area contributed by atoms with E-state index in [2.05, 4.69) is 19.1 Å². The fraction of sp³-hybridized carbons (Fsp3) is 0.641. The minimum absolute atomic E-state index is 0.00153. The first-order chi connectivity index (χ1) is 24.7. The first kappa shape index (κ1) is 43.3. The molecule has 0 saturated carbocycles. The molecule has 0 unspecified atom stereocenters. The lowest BCUT2D eigenvalue weighted by molar-refractivity contribution is -0.139. The predicted octanol–water partition coefficient (Wildman–Crippen LogP) is 5.90. The largest absolute Gasteiger partial charge is 0.491 e. The van der Waals surface area contributed by atoms with E-state index < -0.39 is 11.8 Å². The monoisotopic (exact) mass is 704 g/mol. The van der Waals surface area contributed by atoms with Gasteiger partial charge in [0.05, 0.1) is 92.5 Å². The Morgan fingerprint density at radius 2 is 0.880 bits per heavy atom. The van der Waals surface area contributed by atoms with Crippen LogP contribution in [0, 0.1) is 0 Å². The first-order valence-electron chi connectivity index (χ1n) is 18.2. The number of rotatable bonds is 35. The lowest BCUT2D eigenvalue weighted by atomic mass is 10.0. The molecule has 2 rings (SSSR count). The van der Waals surface area contributed by atoms with E-state index in [4.69, 9.17) is 42.6 Å². The normalized spacial score (nSPS) is 11.1. The third-order valence-electron chi connectivity index (χ3n) is 7.40. The van der Waals surface area contributed by atoms with E-state index in [-0.39, 0.29) is 13.2 Å². The molecule has 11 heteroatoms. The Hall–Kier alpha value is -2.90. The van der Waals surface area contributed by atoms with Gasteiger partial charge in [-0.1, -0.05) is 87.9 Å². The van der Waals surface area contributed by atoms with Gasteiger partial charge >= 0.3 is 5.97 Å². The maximum atomic E-state index is 11.9. The zero-order valence-corrected chi connectivity index (χ0v) is 30.2. The molecular weight excluding hydrogens is 644 g/mol. The van der Waals surface area contributed by atoms with Crippen molar-refractivity contribution in [2.24, 2.45) is 0 Å². The minimum atomic E-state index is -0.893. The number of ketones is 1. The van der Waals surface area contributed by atoms with Gasteiger partial charge in [0.25, 0.3) is 5.78 Å². The number of ether oxygens (including phenoxy) is 9. The number of hydrogen-bond donors (Lipinski definition) is 0. The molecule has 0 radical (unpaired) electrons. The van der Waals surface area contributed by atoms with Crippen molar-refractivity contribution in [2.45, 2.75) is 58.3 Å². The lowest BCUT2D eigenvalue weighted by Gasteiger charge is -2.09. The van der Waals surface area contributed by atoms with E-state index in [1.807, 2.05) is 12.1 Å². The van der Waals surface area contributed by atoms with Crippen molar-refractivity contribution in [1.82, 2.24) is 0 Å². The average molecular weight is 705 g/mol. The summed E-state index contributed by atoms with van der Waals surface area (Å²) in [7, 11) is 0. The summed E-state index contributed by atoms with van der Waals surface area (Å²) >= 11 is 0. The van der Waals surface area contributed by atoms with Crippen molar-refractivity contribution in [2.75, 3.05) is 106 Å². The molecule has 0 amide bonds. The smallest absolute Gasteiger partial charge is 0.379 e. The third-order valence-corrected chi connectivity index (χ3v) is 7.40. The highest BCUT2D eigenvalue weighted by Gasteiger charge is 2.17. The van der Waals surface area contributed by atoms with E-state index in [9.17, 15) is 9.59 Å². The van der Waals surface area contributed by atoms with Crippen LogP contribution in [0.25, 0.3) is 0 Å². The number of hydrogen-bond acceptors (Lipinski definition) is 11. The Balaban J connectivity index is 1.22. The van der Waals surface area contributed by atoms with Crippen LogP contribution in [0.2, 0.25) is 0 Å². The Bertz CT molecular complexity index is 1070. The van der Waals surface area contributed by atoms with Crippen LogP contribution in [0.4, 0.5) is 0 Å². The molecule has 0 atom stereocenters. The van der Waals surface area contributed by atoms with Gasteiger partial charge in [-0.15, -0.1) is 0 Å². The van der Waals surface area contributed by atoms with Crippen molar-refractivity contribution < 1.29 is 52.2 Å². The molecule has 2 aromatic carbocycles. The van der Waals surface area contributed by atoms with Crippen LogP contribution >= 0.6 is 0 Å². The van der Waals surface area contributed by atoms with Gasteiger partial charge in [0.1, 0.15) is 19.0 Å². The fourth-order valence-electron chi connectivity index (χ4n) is 4.64. The standard InChI is InChI=1S/C39H60O11/c1-2-3-4-5-6-7-9-12-35-15-17-37(18-16-35)49-33-31-47-29-27-45-25-23-43-21-19-42-20-22-44-24-26-46-28-30-48-32-34-50-39(41)38(40)36-13-10-8-11-14-36/h8,10-11,13-18H,2-7,9,12,19-34H2,1H3. The first-order valence-corrected chi connectivity index (χ1v) is 18.2. The van der Waals surface area contributed by atoms with Crippen LogP contribution in [0.15, 0.2) is 54.6 Å². The number of Topliss-reactive ketones (excluding diaryl/α,β-unsaturated/α-hetero) is 1. The van der Waals surface area contributed by atoms with Crippen molar-refractivity contribution in [3.05, 3.63) is 65.7 Å². The molecule has 0 N–H and O–H groups in total. The van der Waals surface area contributed by atoms with Crippen LogP contribution in [0.3, 0.4) is 0 Å². The van der Waals surface area contributed by atoms with Crippen LogP contribution in [-0.2, 0) is 49.1 Å². The SMILES string of the molecule is CCCCCCCCCc1ccc(OCCOCCOCCOCCOCCOCCOCCOCCOC(=O)C(=O)c2ccccc2)cc1. The van der Waals surface area contributed by atoms with Crippen molar-refractivity contribution in [3.63, 3.8) is 0 Å². The summed E-state index contributed by atoms with van der Waals surface area (Å²) in [5.41, 5.74) is 1.67. The fourth-order valence-corrected chi connectivity index (χ4v) is 4.64. The number of carbonyl (C=O) groups excluding carboxylic acids is 2. The summed E-state index contributed by atoms with van der Waals surface area (Å²) in [6, 6.07) is 16.7. The van der Waals surface area contributed by atoms with Crippen LogP contribution in [0.1, 0.15) is 67.8 Å². The van der Waals surface area contributed by atoms with Crippen molar-refractivity contribution in [3.8, 4) is 5.75 Å². The van der Waals surface area contributed by atoms with Gasteiger partial charge in [-0.05, 0) is 30.5 Å². The molecular formula is C39H60O11. The molecule has 11 nitrogen and oxygen atoms in total. The number of benzene rings is 2. The van der Waals surface area contributed by atoms with Gasteiger partial charge in [-0.25, -0.2) is 4.79 Å². The van der Waals surface area contributed by atoms with Gasteiger partial charge in [0, 0.05) is 5.56 Å². The maximum Gasteiger partial charge on any atom is 0.379 e. The highest BCUT2D eigenvalue weighted by Crippen LogP contribution is 2.15. The van der Waals surface area contributed by atoms with Gasteiger partial charge in [-0.3, -0.25) is 4.79 Å². The highest BCUT2D eigenvalue weighted by atomic mass is 16.6. The molecule has 282 valence electrons. The summed E-state index contributed by atoms with van der Waals surface area (Å²) in [5.74, 6) is -0.687. The number of aryl methyl sites for hydroxylation is 1. The van der Waals surface area contributed by atoms with Crippen molar-refractivity contribution in [1.29, 1.82) is 0 Å². The van der Waals surface area contributed by atoms with Gasteiger partial charge in [0.2, 0.25) is 0 Å². The summed E-state index contributed by atoms with van der Waals surface area (Å²) in [6.45, 7) is 9.02. The van der Waals surface area contributed by atoms with Crippen LogP contribution in [-0.4, -0.2) is 117 Å². The molecule has 0 aliphatic rings. The Labute approximate surface area is 299 Å². The van der Waals surface area contributed by atoms with Gasteiger partial charge in [0.15, 0.2) is 0 Å². The molecule has 0 bridgehead atoms. The topological polar surface area (TPSA) is 117 Å². The molecule has 0 saturated heterocycles. The lowest BCUT2D eigenvalue weighted by Crippen LogP contribution is -2.20. The number of esters is 1. The Morgan fingerprint density at radius 1 is 0.460 bits per heavy atom. The average Bonchev–Trinajstić information content (AvgIpc) is 3.15. The maximum absolute atomic E-state index is 11.9. The molecule has 0 aliphatic heterocycles. The molecule has 50 heavy (non-hydrogen) atoms. The molecule has 0 spiro atoms. The Morgan fingerprint density at radius 3 is 1.36 bits per heavy atom. The zero-order valence-electron chi connectivity index (χ0n) is 30.2. The zero-order chi connectivity index (χ0) is 35.6. The van der Waals surface area contributed by atoms with Crippen LogP contribution < -0.4 is 4.74 Å². The van der Waals surface area contributed by atoms with Crippen LogP contribution in [0.5, 0.6) is 5.75 Å². The molecule has 0 aliphatic carbocycles. The minimum Gasteiger partial charge on any atom is -0.491 e. The summed E-state index contributed by atoms with van der Waals surface area (Å²) < 4.78 is 49.0. The van der Waals surface area contributed by atoms with Gasteiger partial charge in [-0.2, -0.15) is 0 Å². The molecule has 0 heterocycles. The van der Waals surface area contributed by atoms with Gasteiger partial charge < -0.3 is 42.6 Å². The van der Waals surface area contributed by atoms with Crippen molar-refractivity contribution >= 4 is 11.8 Å². The molecule has 0 aromatic heterocycles. The van der Waals surface area contributed by atoms with E-state index >= 15 is 0 Å².